The highest BCUT2D eigenvalue weighted by atomic mass is 79.9. The summed E-state index contributed by atoms with van der Waals surface area (Å²) in [7, 11) is -7.14. The van der Waals surface area contributed by atoms with Crippen LogP contribution in [0.25, 0.3) is 0 Å². The van der Waals surface area contributed by atoms with E-state index in [2.05, 4.69) is 20.7 Å². The van der Waals surface area contributed by atoms with Crippen LogP contribution in [0, 0.1) is 0 Å². The van der Waals surface area contributed by atoms with Crippen LogP contribution in [-0.4, -0.2) is 29.1 Å². The maximum Gasteiger partial charge on any atom is 0.264 e. The Bertz CT molecular complexity index is 1020. The number of benzene rings is 2. The molecule has 9 heteroatoms. The van der Waals surface area contributed by atoms with Gasteiger partial charge in [-0.1, -0.05) is 15.9 Å². The van der Waals surface area contributed by atoms with E-state index in [9.17, 15) is 16.8 Å². The maximum absolute atomic E-state index is 13.1. The van der Waals surface area contributed by atoms with Crippen LogP contribution in [0.4, 0.5) is 11.4 Å². The first kappa shape index (κ1) is 18.2. The molecule has 2 aromatic carbocycles. The van der Waals surface area contributed by atoms with Gasteiger partial charge in [-0.3, -0.25) is 9.03 Å². The molecule has 1 aliphatic rings. The number of nitrogens with zero attached hydrogens (tertiary/aromatic N) is 1. The molecule has 0 radical (unpaired) electrons. The van der Waals surface area contributed by atoms with Crippen molar-refractivity contribution in [3.05, 3.63) is 52.5 Å². The minimum atomic E-state index is -3.73. The van der Waals surface area contributed by atoms with E-state index in [1.807, 2.05) is 19.1 Å². The average molecular weight is 445 g/mol. The SMILES string of the molecule is C[C@@H]1Cc2cc(Br)ccc2N1S(=O)(=O)c1ccc(NS(C)(=O)=O)cc1. The summed E-state index contributed by atoms with van der Waals surface area (Å²) >= 11 is 3.41. The number of rotatable bonds is 4. The van der Waals surface area contributed by atoms with Crippen LogP contribution in [0.3, 0.4) is 0 Å². The van der Waals surface area contributed by atoms with Crippen LogP contribution in [0.5, 0.6) is 0 Å². The van der Waals surface area contributed by atoms with Gasteiger partial charge in [0.2, 0.25) is 10.0 Å². The fraction of sp³-hybridized carbons (Fsp3) is 0.250. The van der Waals surface area contributed by atoms with Crippen LogP contribution >= 0.6 is 15.9 Å². The molecule has 0 spiro atoms. The number of fused-ring (bicyclic) bond motifs is 1. The molecule has 0 aliphatic carbocycles. The summed E-state index contributed by atoms with van der Waals surface area (Å²) in [6, 6.07) is 11.1. The Labute approximate surface area is 156 Å². The molecular formula is C16H17BrN2O4S2. The van der Waals surface area contributed by atoms with Gasteiger partial charge in [-0.25, -0.2) is 16.8 Å². The Morgan fingerprint density at radius 1 is 1.08 bits per heavy atom. The van der Waals surface area contributed by atoms with E-state index in [0.717, 1.165) is 16.3 Å². The molecule has 1 N–H and O–H groups in total. The minimum Gasteiger partial charge on any atom is -0.284 e. The van der Waals surface area contributed by atoms with Crippen molar-refractivity contribution in [2.75, 3.05) is 15.3 Å². The molecule has 0 aromatic heterocycles. The predicted octanol–water partition coefficient (Wildman–Crippen LogP) is 2.96. The van der Waals surface area contributed by atoms with Crippen molar-refractivity contribution >= 4 is 47.4 Å². The predicted molar refractivity (Wildman–Crippen MR) is 102 cm³/mol. The van der Waals surface area contributed by atoms with Gasteiger partial charge in [-0.15, -0.1) is 0 Å². The second-order valence-electron chi connectivity index (χ2n) is 6.03. The largest absolute Gasteiger partial charge is 0.284 e. The first-order valence-electron chi connectivity index (χ1n) is 7.49. The third-order valence-electron chi connectivity index (χ3n) is 3.91. The normalized spacial score (nSPS) is 17.4. The molecule has 0 amide bonds. The van der Waals surface area contributed by atoms with Crippen molar-refractivity contribution in [2.24, 2.45) is 0 Å². The summed E-state index contributed by atoms with van der Waals surface area (Å²) in [6.45, 7) is 1.87. The standard InChI is InChI=1S/C16H17BrN2O4S2/c1-11-9-12-10-13(17)3-8-16(12)19(11)25(22,23)15-6-4-14(5-7-15)18-24(2,20)21/h3-8,10-11,18H,9H2,1-2H3/t11-/m1/s1. The Morgan fingerprint density at radius 2 is 1.72 bits per heavy atom. The third-order valence-corrected chi connectivity index (χ3v) is 6.95. The third kappa shape index (κ3) is 3.68. The van der Waals surface area contributed by atoms with Crippen molar-refractivity contribution in [1.29, 1.82) is 0 Å². The zero-order valence-corrected chi connectivity index (χ0v) is 16.8. The zero-order valence-electron chi connectivity index (χ0n) is 13.6. The van der Waals surface area contributed by atoms with E-state index >= 15 is 0 Å². The molecule has 1 atom stereocenters. The van der Waals surface area contributed by atoms with Gasteiger partial charge in [0.1, 0.15) is 0 Å². The van der Waals surface area contributed by atoms with Crippen LogP contribution in [-0.2, 0) is 26.5 Å². The minimum absolute atomic E-state index is 0.120. The lowest BCUT2D eigenvalue weighted by molar-refractivity contribution is 0.584. The van der Waals surface area contributed by atoms with Crippen LogP contribution in [0.15, 0.2) is 51.8 Å². The molecule has 2 aromatic rings. The molecule has 0 fully saturated rings. The highest BCUT2D eigenvalue weighted by Gasteiger charge is 2.36. The van der Waals surface area contributed by atoms with Gasteiger partial charge in [-0.05, 0) is 61.4 Å². The highest BCUT2D eigenvalue weighted by Crippen LogP contribution is 2.38. The fourth-order valence-electron chi connectivity index (χ4n) is 2.96. The topological polar surface area (TPSA) is 83.6 Å². The van der Waals surface area contributed by atoms with Gasteiger partial charge in [0.25, 0.3) is 10.0 Å². The number of hydrogen-bond acceptors (Lipinski definition) is 4. The smallest absolute Gasteiger partial charge is 0.264 e. The van der Waals surface area contributed by atoms with Crippen molar-refractivity contribution in [1.82, 2.24) is 0 Å². The van der Waals surface area contributed by atoms with Gasteiger partial charge >= 0.3 is 0 Å². The zero-order chi connectivity index (χ0) is 18.4. The summed E-state index contributed by atoms with van der Waals surface area (Å²) in [5, 5.41) is 0. The van der Waals surface area contributed by atoms with E-state index in [4.69, 9.17) is 0 Å². The number of nitrogens with one attached hydrogen (secondary N) is 1. The molecule has 1 aliphatic heterocycles. The molecule has 1 heterocycles. The van der Waals surface area contributed by atoms with E-state index in [1.165, 1.54) is 28.6 Å². The number of sulfonamides is 2. The van der Waals surface area contributed by atoms with Crippen molar-refractivity contribution in [3.63, 3.8) is 0 Å². The van der Waals surface area contributed by atoms with Gasteiger partial charge in [0.05, 0.1) is 16.8 Å². The summed E-state index contributed by atoms with van der Waals surface area (Å²) in [6.07, 6.45) is 1.68. The second kappa shape index (κ2) is 6.30. The summed E-state index contributed by atoms with van der Waals surface area (Å²) in [4.78, 5) is 0.120. The van der Waals surface area contributed by atoms with E-state index < -0.39 is 20.0 Å². The average Bonchev–Trinajstić information content (AvgIpc) is 2.81. The maximum atomic E-state index is 13.1. The highest BCUT2D eigenvalue weighted by molar-refractivity contribution is 9.10. The molecule has 3 rings (SSSR count). The van der Waals surface area contributed by atoms with Gasteiger partial charge in [0.15, 0.2) is 0 Å². The lowest BCUT2D eigenvalue weighted by atomic mass is 10.1. The number of halogens is 1. The summed E-state index contributed by atoms with van der Waals surface area (Å²) in [5.41, 5.74) is 1.97. The summed E-state index contributed by atoms with van der Waals surface area (Å²) in [5.74, 6) is 0. The van der Waals surface area contributed by atoms with Gasteiger partial charge in [0, 0.05) is 16.2 Å². The molecule has 25 heavy (non-hydrogen) atoms. The molecular weight excluding hydrogens is 428 g/mol. The lowest BCUT2D eigenvalue weighted by Gasteiger charge is -2.24. The molecule has 134 valence electrons. The van der Waals surface area contributed by atoms with Crippen LogP contribution in [0.1, 0.15) is 12.5 Å². The second-order valence-corrected chi connectivity index (χ2v) is 10.5. The Hall–Kier alpha value is -1.58. The van der Waals surface area contributed by atoms with E-state index in [1.54, 1.807) is 6.07 Å². The molecule has 0 unspecified atom stereocenters. The quantitative estimate of drug-likeness (QED) is 0.785. The van der Waals surface area contributed by atoms with E-state index in [0.29, 0.717) is 17.8 Å². The van der Waals surface area contributed by atoms with Crippen molar-refractivity contribution in [3.8, 4) is 0 Å². The fourth-order valence-corrected chi connectivity index (χ4v) is 5.63. The Kier molecular flexibility index (Phi) is 4.59. The van der Waals surface area contributed by atoms with Crippen LogP contribution < -0.4 is 9.03 Å². The Morgan fingerprint density at radius 3 is 2.32 bits per heavy atom. The van der Waals surface area contributed by atoms with Crippen molar-refractivity contribution < 1.29 is 16.8 Å². The molecule has 0 saturated heterocycles. The monoisotopic (exact) mass is 444 g/mol. The Balaban J connectivity index is 1.97. The summed E-state index contributed by atoms with van der Waals surface area (Å²) < 4.78 is 53.3. The van der Waals surface area contributed by atoms with Gasteiger partial charge < -0.3 is 0 Å². The molecule has 0 saturated carbocycles. The number of hydrogen-bond donors (Lipinski definition) is 1. The first-order valence-corrected chi connectivity index (χ1v) is 11.6. The molecule has 0 bridgehead atoms. The van der Waals surface area contributed by atoms with Crippen molar-refractivity contribution in [2.45, 2.75) is 24.3 Å². The molecule has 6 nitrogen and oxygen atoms in total. The first-order chi connectivity index (χ1) is 11.6. The lowest BCUT2D eigenvalue weighted by Crippen LogP contribution is -2.35. The van der Waals surface area contributed by atoms with E-state index in [-0.39, 0.29) is 10.9 Å². The number of anilines is 2. The van der Waals surface area contributed by atoms with Gasteiger partial charge in [-0.2, -0.15) is 0 Å². The van der Waals surface area contributed by atoms with Crippen LogP contribution in [0.2, 0.25) is 0 Å².